The number of piperidine rings is 1. The van der Waals surface area contributed by atoms with Gasteiger partial charge in [0.05, 0.1) is 0 Å². The molecule has 2 atom stereocenters. The molecule has 1 saturated heterocycles. The summed E-state index contributed by atoms with van der Waals surface area (Å²) in [5.74, 6) is 0.981. The number of likely N-dealkylation sites (tertiary alicyclic amines) is 1. The third-order valence-electron chi connectivity index (χ3n) is 4.05. The molecular weight excluding hydrogens is 270 g/mol. The van der Waals surface area contributed by atoms with Crippen LogP contribution in [0.2, 0.25) is 0 Å². The molecule has 1 aliphatic heterocycles. The number of rotatable bonds is 4. The van der Waals surface area contributed by atoms with Gasteiger partial charge in [-0.1, -0.05) is 13.8 Å². The number of aromatic nitrogens is 2. The number of nitrogens with one attached hydrogen (secondary N) is 3. The number of urea groups is 1. The highest BCUT2D eigenvalue weighted by Crippen LogP contribution is 2.22. The van der Waals surface area contributed by atoms with Gasteiger partial charge in [-0.3, -0.25) is 9.89 Å². The summed E-state index contributed by atoms with van der Waals surface area (Å²) in [6.45, 7) is 6.81. The van der Waals surface area contributed by atoms with E-state index in [2.05, 4.69) is 34.7 Å². The number of aromatic amines is 1. The third kappa shape index (κ3) is 4.21. The summed E-state index contributed by atoms with van der Waals surface area (Å²) >= 11 is 0. The summed E-state index contributed by atoms with van der Waals surface area (Å²) in [4.78, 5) is 25.5. The molecule has 0 unspecified atom stereocenters. The van der Waals surface area contributed by atoms with E-state index >= 15 is 0 Å². The van der Waals surface area contributed by atoms with Gasteiger partial charge < -0.3 is 15.5 Å². The molecule has 0 radical (unpaired) electrons. The van der Waals surface area contributed by atoms with E-state index in [-0.39, 0.29) is 11.9 Å². The minimum Gasteiger partial charge on any atom is -0.349 e. The van der Waals surface area contributed by atoms with Gasteiger partial charge in [0.25, 0.3) is 5.91 Å². The van der Waals surface area contributed by atoms with Crippen molar-refractivity contribution in [1.29, 1.82) is 0 Å². The monoisotopic (exact) mass is 293 g/mol. The van der Waals surface area contributed by atoms with E-state index in [4.69, 9.17) is 0 Å². The normalized spacial score (nSPS) is 21.9. The number of hydrogen-bond acceptors (Lipinski definition) is 3. The maximum absolute atomic E-state index is 12.0. The first-order valence-electron chi connectivity index (χ1n) is 7.38. The number of H-pyrrole nitrogens is 1. The molecule has 21 heavy (non-hydrogen) atoms. The van der Waals surface area contributed by atoms with Crippen LogP contribution in [0.15, 0.2) is 12.3 Å². The first-order chi connectivity index (χ1) is 10.1. The maximum Gasteiger partial charge on any atom is 0.317 e. The zero-order valence-electron chi connectivity index (χ0n) is 12.6. The van der Waals surface area contributed by atoms with Gasteiger partial charge in [-0.25, -0.2) is 4.79 Å². The Hall–Kier alpha value is -2.05. The Morgan fingerprint density at radius 3 is 2.76 bits per heavy atom. The van der Waals surface area contributed by atoms with Crippen LogP contribution in [-0.2, 0) is 0 Å². The zero-order chi connectivity index (χ0) is 15.2. The predicted octanol–water partition coefficient (Wildman–Crippen LogP) is 0.827. The first-order valence-corrected chi connectivity index (χ1v) is 7.38. The van der Waals surface area contributed by atoms with Crippen molar-refractivity contribution in [2.24, 2.45) is 11.8 Å². The molecule has 3 amide bonds. The molecule has 116 valence electrons. The Morgan fingerprint density at radius 1 is 1.33 bits per heavy atom. The van der Waals surface area contributed by atoms with Crippen LogP contribution in [0.25, 0.3) is 0 Å². The standard InChI is InChI=1S/C14H23N5O2/c1-10-4-8-19(9-11(10)2)14(21)16-7-6-15-13(20)12-3-5-17-18-12/h3,5,10-11H,4,6-9H2,1-2H3,(H,15,20)(H,16,21)(H,17,18)/t10-,11+/m0/s1. The molecule has 0 bridgehead atoms. The van der Waals surface area contributed by atoms with E-state index in [1.165, 1.54) is 6.20 Å². The Bertz CT molecular complexity index is 474. The molecule has 1 aromatic rings. The van der Waals surface area contributed by atoms with Crippen LogP contribution in [0.4, 0.5) is 4.79 Å². The van der Waals surface area contributed by atoms with Crippen molar-refractivity contribution < 1.29 is 9.59 Å². The summed E-state index contributed by atoms with van der Waals surface area (Å²) < 4.78 is 0. The fourth-order valence-electron chi connectivity index (χ4n) is 2.38. The van der Waals surface area contributed by atoms with Gasteiger partial charge in [-0.15, -0.1) is 0 Å². The molecule has 0 aliphatic carbocycles. The largest absolute Gasteiger partial charge is 0.349 e. The Balaban J connectivity index is 1.64. The van der Waals surface area contributed by atoms with Crippen LogP contribution in [0, 0.1) is 11.8 Å². The lowest BCUT2D eigenvalue weighted by Gasteiger charge is -2.35. The third-order valence-corrected chi connectivity index (χ3v) is 4.05. The highest BCUT2D eigenvalue weighted by molar-refractivity contribution is 5.92. The fourth-order valence-corrected chi connectivity index (χ4v) is 2.38. The highest BCUT2D eigenvalue weighted by Gasteiger charge is 2.25. The molecule has 1 fully saturated rings. The van der Waals surface area contributed by atoms with Gasteiger partial charge in [0.15, 0.2) is 0 Å². The van der Waals surface area contributed by atoms with Gasteiger partial charge in [0, 0.05) is 32.4 Å². The molecule has 2 heterocycles. The van der Waals surface area contributed by atoms with Crippen LogP contribution >= 0.6 is 0 Å². The lowest BCUT2D eigenvalue weighted by Crippen LogP contribution is -2.48. The van der Waals surface area contributed by atoms with Crippen molar-refractivity contribution in [1.82, 2.24) is 25.7 Å². The molecule has 7 heteroatoms. The van der Waals surface area contributed by atoms with Gasteiger partial charge in [-0.2, -0.15) is 5.10 Å². The zero-order valence-corrected chi connectivity index (χ0v) is 12.6. The lowest BCUT2D eigenvalue weighted by atomic mass is 9.89. The molecule has 0 aromatic carbocycles. The number of nitrogens with zero attached hydrogens (tertiary/aromatic N) is 2. The second kappa shape index (κ2) is 7.10. The van der Waals surface area contributed by atoms with E-state index in [0.29, 0.717) is 30.6 Å². The van der Waals surface area contributed by atoms with E-state index in [1.807, 2.05) is 4.90 Å². The Labute approximate surface area is 124 Å². The lowest BCUT2D eigenvalue weighted by molar-refractivity contribution is 0.0948. The minimum absolute atomic E-state index is 0.0514. The highest BCUT2D eigenvalue weighted by atomic mass is 16.2. The smallest absolute Gasteiger partial charge is 0.317 e. The van der Waals surface area contributed by atoms with Gasteiger partial charge in [-0.05, 0) is 24.3 Å². The molecule has 3 N–H and O–H groups in total. The van der Waals surface area contributed by atoms with Crippen molar-refractivity contribution in [2.75, 3.05) is 26.2 Å². The quantitative estimate of drug-likeness (QED) is 0.718. The van der Waals surface area contributed by atoms with Crippen molar-refractivity contribution in [3.8, 4) is 0 Å². The summed E-state index contributed by atoms with van der Waals surface area (Å²) in [6.07, 6.45) is 2.57. The van der Waals surface area contributed by atoms with E-state index in [9.17, 15) is 9.59 Å². The minimum atomic E-state index is -0.220. The second-order valence-electron chi connectivity index (χ2n) is 5.65. The first kappa shape index (κ1) is 15.3. The molecule has 0 saturated carbocycles. The van der Waals surface area contributed by atoms with Gasteiger partial charge in [0.2, 0.25) is 0 Å². The summed E-state index contributed by atoms with van der Waals surface area (Å²) in [5, 5.41) is 11.9. The maximum atomic E-state index is 12.0. The number of hydrogen-bond donors (Lipinski definition) is 3. The van der Waals surface area contributed by atoms with Crippen LogP contribution in [0.3, 0.4) is 0 Å². The topological polar surface area (TPSA) is 90.1 Å². The van der Waals surface area contributed by atoms with Crippen LogP contribution in [-0.4, -0.2) is 53.2 Å². The summed E-state index contributed by atoms with van der Waals surface area (Å²) in [7, 11) is 0. The van der Waals surface area contributed by atoms with E-state index < -0.39 is 0 Å². The van der Waals surface area contributed by atoms with Crippen LogP contribution < -0.4 is 10.6 Å². The number of carbonyl (C=O) groups is 2. The molecule has 7 nitrogen and oxygen atoms in total. The summed E-state index contributed by atoms with van der Waals surface area (Å²) in [5.41, 5.74) is 0.417. The molecule has 0 spiro atoms. The average Bonchev–Trinajstić information content (AvgIpc) is 3.00. The van der Waals surface area contributed by atoms with E-state index in [1.54, 1.807) is 6.07 Å². The van der Waals surface area contributed by atoms with Crippen LogP contribution in [0.1, 0.15) is 30.8 Å². The molecule has 2 rings (SSSR count). The van der Waals surface area contributed by atoms with Gasteiger partial charge >= 0.3 is 6.03 Å². The number of carbonyl (C=O) groups excluding carboxylic acids is 2. The van der Waals surface area contributed by atoms with E-state index in [0.717, 1.165) is 19.5 Å². The van der Waals surface area contributed by atoms with Crippen LogP contribution in [0.5, 0.6) is 0 Å². The fraction of sp³-hybridized carbons (Fsp3) is 0.643. The average molecular weight is 293 g/mol. The summed E-state index contributed by atoms with van der Waals surface area (Å²) in [6, 6.07) is 1.55. The molecular formula is C14H23N5O2. The Morgan fingerprint density at radius 2 is 2.10 bits per heavy atom. The van der Waals surface area contributed by atoms with Crippen molar-refractivity contribution in [3.63, 3.8) is 0 Å². The predicted molar refractivity (Wildman–Crippen MR) is 78.8 cm³/mol. The van der Waals surface area contributed by atoms with Crippen molar-refractivity contribution >= 4 is 11.9 Å². The van der Waals surface area contributed by atoms with Gasteiger partial charge in [0.1, 0.15) is 5.69 Å². The van der Waals surface area contributed by atoms with Crippen molar-refractivity contribution in [3.05, 3.63) is 18.0 Å². The number of amides is 3. The molecule has 1 aliphatic rings. The Kier molecular flexibility index (Phi) is 5.19. The van der Waals surface area contributed by atoms with Crippen molar-refractivity contribution in [2.45, 2.75) is 20.3 Å². The molecule has 1 aromatic heterocycles. The SMILES string of the molecule is C[C@@H]1CN(C(=O)NCCNC(=O)c2ccn[nH]2)CC[C@@H]1C. The second-order valence-corrected chi connectivity index (χ2v) is 5.65.